The van der Waals surface area contributed by atoms with Crippen molar-refractivity contribution < 1.29 is 23.8 Å². The molecule has 0 unspecified atom stereocenters. The highest BCUT2D eigenvalue weighted by Crippen LogP contribution is 2.24. The van der Waals surface area contributed by atoms with E-state index in [1.165, 1.54) is 7.11 Å². The lowest BCUT2D eigenvalue weighted by molar-refractivity contribution is 0.0693. The first-order valence-corrected chi connectivity index (χ1v) is 3.66. The number of benzene rings is 1. The molecule has 1 N–H and O–H groups in total. The summed E-state index contributed by atoms with van der Waals surface area (Å²) in [4.78, 5) is 21.1. The Hall–Kier alpha value is -1.91. The number of rotatable bonds is 3. The zero-order chi connectivity index (χ0) is 10.7. The molecule has 74 valence electrons. The smallest absolute Gasteiger partial charge is 0.339 e. The average Bonchev–Trinajstić information content (AvgIpc) is 2.16. The van der Waals surface area contributed by atoms with Crippen molar-refractivity contribution in [2.75, 3.05) is 7.11 Å². The van der Waals surface area contributed by atoms with Gasteiger partial charge in [-0.1, -0.05) is 0 Å². The highest BCUT2D eigenvalue weighted by molar-refractivity contribution is 5.95. The van der Waals surface area contributed by atoms with Crippen LogP contribution in [0.2, 0.25) is 0 Å². The zero-order valence-corrected chi connectivity index (χ0v) is 7.28. The van der Waals surface area contributed by atoms with Gasteiger partial charge < -0.3 is 9.84 Å². The standard InChI is InChI=1S/C9H7FO4/c1-14-8-5(9(12)13)2-3-7(10)6(8)4-11/h2-4H,1H3,(H,12,13). The minimum Gasteiger partial charge on any atom is -0.495 e. The van der Waals surface area contributed by atoms with E-state index in [-0.39, 0.29) is 23.2 Å². The van der Waals surface area contributed by atoms with Crippen LogP contribution in [-0.4, -0.2) is 24.5 Å². The minimum absolute atomic E-state index is 0.223. The molecule has 0 radical (unpaired) electrons. The molecule has 0 saturated carbocycles. The highest BCUT2D eigenvalue weighted by atomic mass is 19.1. The van der Waals surface area contributed by atoms with Gasteiger partial charge in [-0.3, -0.25) is 4.79 Å². The number of ether oxygens (including phenoxy) is 1. The zero-order valence-electron chi connectivity index (χ0n) is 7.28. The Balaban J connectivity index is 3.48. The Morgan fingerprint density at radius 1 is 1.57 bits per heavy atom. The van der Waals surface area contributed by atoms with E-state index in [2.05, 4.69) is 4.74 Å². The Labute approximate surface area is 78.9 Å². The first-order valence-electron chi connectivity index (χ1n) is 3.66. The molecule has 0 amide bonds. The van der Waals surface area contributed by atoms with Crippen LogP contribution in [-0.2, 0) is 0 Å². The fourth-order valence-electron chi connectivity index (χ4n) is 1.07. The Bertz CT molecular complexity index is 387. The molecule has 0 atom stereocenters. The van der Waals surface area contributed by atoms with E-state index >= 15 is 0 Å². The second-order valence-electron chi connectivity index (χ2n) is 2.46. The molecule has 5 heteroatoms. The first kappa shape index (κ1) is 10.2. The van der Waals surface area contributed by atoms with Crippen LogP contribution in [0.4, 0.5) is 4.39 Å². The van der Waals surface area contributed by atoms with Gasteiger partial charge in [-0.05, 0) is 12.1 Å². The van der Waals surface area contributed by atoms with Gasteiger partial charge in [0.2, 0.25) is 0 Å². The van der Waals surface area contributed by atoms with Crippen molar-refractivity contribution in [3.8, 4) is 5.75 Å². The maximum Gasteiger partial charge on any atom is 0.339 e. The Kier molecular flexibility index (Phi) is 2.81. The van der Waals surface area contributed by atoms with Crippen LogP contribution in [0.15, 0.2) is 12.1 Å². The molecule has 0 aliphatic carbocycles. The number of methoxy groups -OCH3 is 1. The van der Waals surface area contributed by atoms with Crippen LogP contribution in [0.3, 0.4) is 0 Å². The summed E-state index contributed by atoms with van der Waals surface area (Å²) >= 11 is 0. The lowest BCUT2D eigenvalue weighted by Crippen LogP contribution is -2.04. The predicted octanol–water partition coefficient (Wildman–Crippen LogP) is 1.34. The van der Waals surface area contributed by atoms with Gasteiger partial charge in [0.25, 0.3) is 0 Å². The minimum atomic E-state index is -1.27. The summed E-state index contributed by atoms with van der Waals surface area (Å²) in [6, 6.07) is 1.96. The monoisotopic (exact) mass is 198 g/mol. The Morgan fingerprint density at radius 3 is 2.64 bits per heavy atom. The van der Waals surface area contributed by atoms with E-state index < -0.39 is 11.8 Å². The number of halogens is 1. The number of aromatic carboxylic acids is 1. The molecule has 1 rings (SSSR count). The number of carboxylic acid groups (broad SMARTS) is 1. The van der Waals surface area contributed by atoms with E-state index in [9.17, 15) is 14.0 Å². The van der Waals surface area contributed by atoms with Crippen LogP contribution >= 0.6 is 0 Å². The van der Waals surface area contributed by atoms with Gasteiger partial charge in [0.05, 0.1) is 12.7 Å². The third-order valence-corrected chi connectivity index (χ3v) is 1.70. The van der Waals surface area contributed by atoms with Gasteiger partial charge in [0.1, 0.15) is 17.1 Å². The molecule has 0 bridgehead atoms. The predicted molar refractivity (Wildman–Crippen MR) is 45.3 cm³/mol. The summed E-state index contributed by atoms with van der Waals surface area (Å²) in [6.45, 7) is 0. The van der Waals surface area contributed by atoms with E-state index in [0.29, 0.717) is 0 Å². The fraction of sp³-hybridized carbons (Fsp3) is 0.111. The van der Waals surface area contributed by atoms with Crippen molar-refractivity contribution in [3.63, 3.8) is 0 Å². The first-order chi connectivity index (χ1) is 6.61. The maximum atomic E-state index is 13.0. The fourth-order valence-corrected chi connectivity index (χ4v) is 1.07. The van der Waals surface area contributed by atoms with Crippen LogP contribution in [0.25, 0.3) is 0 Å². The number of carbonyl (C=O) groups is 2. The van der Waals surface area contributed by atoms with Crippen LogP contribution in [0.5, 0.6) is 5.75 Å². The highest BCUT2D eigenvalue weighted by Gasteiger charge is 2.17. The molecule has 0 heterocycles. The van der Waals surface area contributed by atoms with Crippen LogP contribution in [0, 0.1) is 5.82 Å². The number of aldehydes is 1. The van der Waals surface area contributed by atoms with Gasteiger partial charge in [-0.15, -0.1) is 0 Å². The van der Waals surface area contributed by atoms with E-state index in [1.54, 1.807) is 0 Å². The van der Waals surface area contributed by atoms with Crippen molar-refractivity contribution in [1.82, 2.24) is 0 Å². The van der Waals surface area contributed by atoms with Gasteiger partial charge >= 0.3 is 5.97 Å². The SMILES string of the molecule is COc1c(C(=O)O)ccc(F)c1C=O. The normalized spacial score (nSPS) is 9.57. The van der Waals surface area contributed by atoms with E-state index in [4.69, 9.17) is 5.11 Å². The van der Waals surface area contributed by atoms with Gasteiger partial charge in [-0.25, -0.2) is 9.18 Å². The summed E-state index contributed by atoms with van der Waals surface area (Å²) in [5.74, 6) is -2.33. The van der Waals surface area contributed by atoms with Crippen molar-refractivity contribution in [2.45, 2.75) is 0 Å². The molecule has 1 aromatic carbocycles. The van der Waals surface area contributed by atoms with Crippen molar-refractivity contribution in [3.05, 3.63) is 29.1 Å². The molecule has 0 aliphatic heterocycles. The summed E-state index contributed by atoms with van der Waals surface area (Å²) in [5, 5.41) is 8.69. The maximum absolute atomic E-state index is 13.0. The van der Waals surface area contributed by atoms with E-state index in [0.717, 1.165) is 12.1 Å². The van der Waals surface area contributed by atoms with Gasteiger partial charge in [0, 0.05) is 0 Å². The van der Waals surface area contributed by atoms with Crippen LogP contribution < -0.4 is 4.74 Å². The molecule has 14 heavy (non-hydrogen) atoms. The van der Waals surface area contributed by atoms with Crippen molar-refractivity contribution in [1.29, 1.82) is 0 Å². The van der Waals surface area contributed by atoms with E-state index in [1.807, 2.05) is 0 Å². The van der Waals surface area contributed by atoms with Crippen molar-refractivity contribution in [2.24, 2.45) is 0 Å². The average molecular weight is 198 g/mol. The molecule has 4 nitrogen and oxygen atoms in total. The summed E-state index contributed by atoms with van der Waals surface area (Å²) in [7, 11) is 1.17. The largest absolute Gasteiger partial charge is 0.495 e. The summed E-state index contributed by atoms with van der Waals surface area (Å²) in [5.41, 5.74) is -0.622. The third kappa shape index (κ3) is 1.56. The van der Waals surface area contributed by atoms with Gasteiger partial charge in [-0.2, -0.15) is 0 Å². The van der Waals surface area contributed by atoms with Gasteiger partial charge in [0.15, 0.2) is 6.29 Å². The van der Waals surface area contributed by atoms with Crippen LogP contribution in [0.1, 0.15) is 20.7 Å². The molecule has 0 aromatic heterocycles. The lowest BCUT2D eigenvalue weighted by Gasteiger charge is -2.07. The third-order valence-electron chi connectivity index (χ3n) is 1.70. The second kappa shape index (κ2) is 3.87. The summed E-state index contributed by atoms with van der Waals surface area (Å²) < 4.78 is 17.6. The molecular formula is C9H7FO4. The number of hydrogen-bond acceptors (Lipinski definition) is 3. The molecular weight excluding hydrogens is 191 g/mol. The number of carbonyl (C=O) groups excluding carboxylic acids is 1. The molecule has 0 spiro atoms. The topological polar surface area (TPSA) is 63.6 Å². The molecule has 1 aromatic rings. The molecule has 0 saturated heterocycles. The molecule has 0 aliphatic rings. The number of hydrogen-bond donors (Lipinski definition) is 1. The number of carboxylic acids is 1. The second-order valence-corrected chi connectivity index (χ2v) is 2.46. The lowest BCUT2D eigenvalue weighted by atomic mass is 10.1. The Morgan fingerprint density at radius 2 is 2.21 bits per heavy atom. The molecule has 0 fully saturated rings. The van der Waals surface area contributed by atoms with Crippen molar-refractivity contribution >= 4 is 12.3 Å². The quantitative estimate of drug-likeness (QED) is 0.744. The summed E-state index contributed by atoms with van der Waals surface area (Å²) in [6.07, 6.45) is 0.223.